The van der Waals surface area contributed by atoms with Crippen molar-refractivity contribution in [1.82, 2.24) is 9.97 Å². The maximum Gasteiger partial charge on any atom is 0.257 e. The number of aromatic nitrogens is 2. The molecule has 0 amide bonds. The summed E-state index contributed by atoms with van der Waals surface area (Å²) in [4.78, 5) is 7.89. The molecule has 4 nitrogen and oxygen atoms in total. The largest absolute Gasteiger partial charge is 0.475 e. The second-order valence-corrected chi connectivity index (χ2v) is 3.33. The number of nitrogen functional groups attached to an aromatic ring is 1. The highest BCUT2D eigenvalue weighted by molar-refractivity contribution is 5.38. The van der Waals surface area contributed by atoms with E-state index in [1.165, 1.54) is 5.56 Å². The number of benzene rings is 1. The number of hydrogen-bond donors (Lipinski definition) is 1. The average molecular weight is 215 g/mol. The number of hydrogen-bond acceptors (Lipinski definition) is 4. The molecule has 0 saturated carbocycles. The van der Waals surface area contributed by atoms with Gasteiger partial charge in [-0.15, -0.1) is 0 Å². The van der Waals surface area contributed by atoms with Crippen LogP contribution in [0.3, 0.4) is 0 Å². The Bertz CT molecular complexity index is 445. The Morgan fingerprint density at radius 1 is 1.06 bits per heavy atom. The smallest absolute Gasteiger partial charge is 0.257 e. The fraction of sp³-hybridized carbons (Fsp3) is 0.167. The van der Waals surface area contributed by atoms with E-state index in [1.807, 2.05) is 18.2 Å². The fourth-order valence-electron chi connectivity index (χ4n) is 1.36. The zero-order valence-electron chi connectivity index (χ0n) is 8.84. The molecule has 0 aliphatic heterocycles. The van der Waals surface area contributed by atoms with Gasteiger partial charge in [0.05, 0.1) is 6.61 Å². The first kappa shape index (κ1) is 10.4. The first-order chi connectivity index (χ1) is 7.86. The molecule has 0 spiro atoms. The molecule has 0 aliphatic carbocycles. The number of rotatable bonds is 4. The second-order valence-electron chi connectivity index (χ2n) is 3.33. The third kappa shape index (κ3) is 2.70. The minimum atomic E-state index is 0.329. The number of ether oxygens (including phenoxy) is 1. The van der Waals surface area contributed by atoms with Crippen molar-refractivity contribution in [3.05, 3.63) is 48.3 Å². The van der Waals surface area contributed by atoms with Gasteiger partial charge in [-0.2, -0.15) is 0 Å². The van der Waals surface area contributed by atoms with E-state index in [9.17, 15) is 0 Å². The van der Waals surface area contributed by atoms with Gasteiger partial charge in [-0.1, -0.05) is 30.3 Å². The number of anilines is 1. The van der Waals surface area contributed by atoms with Crippen molar-refractivity contribution >= 4 is 5.82 Å². The van der Waals surface area contributed by atoms with Crippen LogP contribution < -0.4 is 10.5 Å². The Morgan fingerprint density at radius 3 is 2.56 bits per heavy atom. The van der Waals surface area contributed by atoms with Crippen LogP contribution in [0.4, 0.5) is 5.82 Å². The van der Waals surface area contributed by atoms with Gasteiger partial charge in [0.15, 0.2) is 5.82 Å². The van der Waals surface area contributed by atoms with Crippen molar-refractivity contribution in [3.8, 4) is 5.88 Å². The lowest BCUT2D eigenvalue weighted by molar-refractivity contribution is 0.310. The molecule has 0 fully saturated rings. The van der Waals surface area contributed by atoms with Crippen molar-refractivity contribution in [2.75, 3.05) is 12.3 Å². The molecular weight excluding hydrogens is 202 g/mol. The zero-order valence-corrected chi connectivity index (χ0v) is 8.84. The fourth-order valence-corrected chi connectivity index (χ4v) is 1.36. The highest BCUT2D eigenvalue weighted by Crippen LogP contribution is 2.12. The predicted molar refractivity (Wildman–Crippen MR) is 62.1 cm³/mol. The summed E-state index contributed by atoms with van der Waals surface area (Å²) in [5.74, 6) is 0.731. The minimum Gasteiger partial charge on any atom is -0.475 e. The van der Waals surface area contributed by atoms with Crippen LogP contribution in [-0.4, -0.2) is 16.6 Å². The van der Waals surface area contributed by atoms with E-state index >= 15 is 0 Å². The Labute approximate surface area is 94.1 Å². The summed E-state index contributed by atoms with van der Waals surface area (Å²) in [5.41, 5.74) is 6.83. The van der Waals surface area contributed by atoms with Gasteiger partial charge in [0.25, 0.3) is 5.88 Å². The quantitative estimate of drug-likeness (QED) is 0.842. The molecule has 1 aromatic carbocycles. The predicted octanol–water partition coefficient (Wildman–Crippen LogP) is 1.68. The zero-order chi connectivity index (χ0) is 11.2. The summed E-state index contributed by atoms with van der Waals surface area (Å²) in [6, 6.07) is 10.1. The van der Waals surface area contributed by atoms with Crippen LogP contribution >= 0.6 is 0 Å². The van der Waals surface area contributed by atoms with E-state index in [-0.39, 0.29) is 0 Å². The molecule has 1 heterocycles. The molecule has 0 radical (unpaired) electrons. The summed E-state index contributed by atoms with van der Waals surface area (Å²) in [5, 5.41) is 0. The maximum atomic E-state index is 5.60. The van der Waals surface area contributed by atoms with Crippen molar-refractivity contribution in [3.63, 3.8) is 0 Å². The molecule has 0 saturated heterocycles. The number of nitrogens with zero attached hydrogens (tertiary/aromatic N) is 2. The van der Waals surface area contributed by atoms with Gasteiger partial charge in [-0.25, -0.2) is 9.97 Å². The molecule has 2 aromatic rings. The first-order valence-electron chi connectivity index (χ1n) is 5.09. The van der Waals surface area contributed by atoms with Gasteiger partial charge in [-0.3, -0.25) is 0 Å². The Balaban J connectivity index is 1.87. The van der Waals surface area contributed by atoms with Crippen LogP contribution in [0.2, 0.25) is 0 Å². The van der Waals surface area contributed by atoms with E-state index < -0.39 is 0 Å². The van der Waals surface area contributed by atoms with Crippen LogP contribution in [0.1, 0.15) is 5.56 Å². The van der Waals surface area contributed by atoms with Gasteiger partial charge in [0.2, 0.25) is 0 Å². The van der Waals surface area contributed by atoms with Crippen LogP contribution in [0.25, 0.3) is 0 Å². The highest BCUT2D eigenvalue weighted by Gasteiger charge is 2.01. The molecule has 0 unspecified atom stereocenters. The average Bonchev–Trinajstić information content (AvgIpc) is 2.33. The van der Waals surface area contributed by atoms with Gasteiger partial charge >= 0.3 is 0 Å². The van der Waals surface area contributed by atoms with Gasteiger partial charge in [0, 0.05) is 18.8 Å². The molecule has 82 valence electrons. The van der Waals surface area contributed by atoms with Crippen LogP contribution in [0, 0.1) is 0 Å². The summed E-state index contributed by atoms with van der Waals surface area (Å²) < 4.78 is 5.44. The lowest BCUT2D eigenvalue weighted by Gasteiger charge is -2.06. The van der Waals surface area contributed by atoms with E-state index in [0.717, 1.165) is 6.42 Å². The lowest BCUT2D eigenvalue weighted by atomic mass is 10.2. The molecule has 0 aliphatic rings. The molecule has 1 aromatic heterocycles. The summed E-state index contributed by atoms with van der Waals surface area (Å²) in [7, 11) is 0. The second kappa shape index (κ2) is 5.11. The van der Waals surface area contributed by atoms with E-state index in [1.54, 1.807) is 12.4 Å². The van der Waals surface area contributed by atoms with E-state index in [2.05, 4.69) is 22.1 Å². The summed E-state index contributed by atoms with van der Waals surface area (Å²) in [6.07, 6.45) is 3.93. The van der Waals surface area contributed by atoms with E-state index in [4.69, 9.17) is 10.5 Å². The first-order valence-corrected chi connectivity index (χ1v) is 5.09. The Morgan fingerprint density at radius 2 is 1.81 bits per heavy atom. The van der Waals surface area contributed by atoms with Gasteiger partial charge in [0.1, 0.15) is 0 Å². The third-order valence-corrected chi connectivity index (χ3v) is 2.16. The molecule has 2 rings (SSSR count). The normalized spacial score (nSPS) is 10.0. The summed E-state index contributed by atoms with van der Waals surface area (Å²) in [6.45, 7) is 0.549. The molecule has 2 N–H and O–H groups in total. The minimum absolute atomic E-state index is 0.329. The molecule has 0 atom stereocenters. The van der Waals surface area contributed by atoms with Crippen molar-refractivity contribution in [2.45, 2.75) is 6.42 Å². The monoisotopic (exact) mass is 215 g/mol. The van der Waals surface area contributed by atoms with Gasteiger partial charge < -0.3 is 10.5 Å². The maximum absolute atomic E-state index is 5.60. The van der Waals surface area contributed by atoms with Crippen LogP contribution in [0.15, 0.2) is 42.7 Å². The lowest BCUT2D eigenvalue weighted by Crippen LogP contribution is -2.05. The van der Waals surface area contributed by atoms with Crippen molar-refractivity contribution < 1.29 is 4.74 Å². The van der Waals surface area contributed by atoms with Gasteiger partial charge in [-0.05, 0) is 5.56 Å². The SMILES string of the molecule is Nc1nccnc1OCCc1ccccc1. The Kier molecular flexibility index (Phi) is 3.33. The molecule has 0 bridgehead atoms. The highest BCUT2D eigenvalue weighted by atomic mass is 16.5. The third-order valence-electron chi connectivity index (χ3n) is 2.16. The van der Waals surface area contributed by atoms with Crippen LogP contribution in [-0.2, 0) is 6.42 Å². The topological polar surface area (TPSA) is 61.0 Å². The standard InChI is InChI=1S/C12H13N3O/c13-11-12(15-8-7-14-11)16-9-6-10-4-2-1-3-5-10/h1-5,7-8H,6,9H2,(H2,13,14). The van der Waals surface area contributed by atoms with E-state index in [0.29, 0.717) is 18.3 Å². The van der Waals surface area contributed by atoms with Crippen molar-refractivity contribution in [2.24, 2.45) is 0 Å². The Hall–Kier alpha value is -2.10. The number of nitrogens with two attached hydrogens (primary N) is 1. The van der Waals surface area contributed by atoms with Crippen molar-refractivity contribution in [1.29, 1.82) is 0 Å². The molecule has 4 heteroatoms. The summed E-state index contributed by atoms with van der Waals surface area (Å²) >= 11 is 0. The molecular formula is C12H13N3O. The molecule has 16 heavy (non-hydrogen) atoms. The van der Waals surface area contributed by atoms with Crippen LogP contribution in [0.5, 0.6) is 5.88 Å².